The molecule has 3 N–H and O–H groups in total. The summed E-state index contributed by atoms with van der Waals surface area (Å²) in [6.07, 6.45) is 5.23. The van der Waals surface area contributed by atoms with Gasteiger partial charge < -0.3 is 25.5 Å². The average molecular weight is 566 g/mol. The lowest BCUT2D eigenvalue weighted by Crippen LogP contribution is -2.58. The third-order valence-electron chi connectivity index (χ3n) is 8.83. The first-order valence-electron chi connectivity index (χ1n) is 14.5. The topological polar surface area (TPSA) is 115 Å². The lowest BCUT2D eigenvalue weighted by atomic mass is 9.79. The molecule has 1 aromatic carbocycles. The summed E-state index contributed by atoms with van der Waals surface area (Å²) >= 11 is 0. The fourth-order valence-corrected chi connectivity index (χ4v) is 6.19. The number of carbonyl (C=O) groups excluding carboxylic acids is 3. The van der Waals surface area contributed by atoms with Crippen LogP contribution in [0.5, 0.6) is 0 Å². The number of piperidine rings is 1. The summed E-state index contributed by atoms with van der Waals surface area (Å²) in [7, 11) is 0. The third-order valence-corrected chi connectivity index (χ3v) is 8.83. The molecule has 2 aliphatic heterocycles. The molecule has 1 aromatic heterocycles. The number of nitrogens with one attached hydrogen (secondary N) is 2. The van der Waals surface area contributed by atoms with E-state index in [1.165, 1.54) is 12.3 Å². The molecule has 3 aliphatic rings. The van der Waals surface area contributed by atoms with Gasteiger partial charge in [0.05, 0.1) is 24.0 Å². The Balaban J connectivity index is 1.09. The van der Waals surface area contributed by atoms with Gasteiger partial charge in [0.1, 0.15) is 11.4 Å². The molecule has 0 radical (unpaired) electrons. The number of rotatable bonds is 5. The molecule has 3 heterocycles. The molecule has 0 unspecified atom stereocenters. The number of halogens is 1. The average Bonchev–Trinajstić information content (AvgIpc) is 3.36. The summed E-state index contributed by atoms with van der Waals surface area (Å²) < 4.78 is 13.4. The summed E-state index contributed by atoms with van der Waals surface area (Å²) in [5, 5.41) is 16.1. The Hall–Kier alpha value is -3.53. The zero-order valence-corrected chi connectivity index (χ0v) is 24.1. The van der Waals surface area contributed by atoms with Crippen molar-refractivity contribution in [3.05, 3.63) is 59.2 Å². The minimum Gasteiger partial charge on any atom is -0.390 e. The molecule has 2 fully saturated rings. The van der Waals surface area contributed by atoms with Crippen LogP contribution in [0.1, 0.15) is 82.0 Å². The maximum Gasteiger partial charge on any atom is 0.322 e. The highest BCUT2D eigenvalue weighted by atomic mass is 19.1. The number of aromatic nitrogens is 1. The number of hydrogen-bond acceptors (Lipinski definition) is 5. The molecule has 10 heteroatoms. The minimum atomic E-state index is -0.995. The Morgan fingerprint density at radius 2 is 1.68 bits per heavy atom. The van der Waals surface area contributed by atoms with Crippen LogP contribution < -0.4 is 10.6 Å². The van der Waals surface area contributed by atoms with Crippen LogP contribution in [0.25, 0.3) is 0 Å². The van der Waals surface area contributed by atoms with Gasteiger partial charge in [-0.05, 0) is 94.5 Å². The molecule has 1 saturated heterocycles. The standard InChI is InChI=1S/C31H40FN5O4/c1-30(2,35-27(38)22-8-12-31(3,41)13-9-22)28(39)36-14-10-21(11-15-36)20-4-6-25(7-5-20)34-29(40)37-18-23-16-24(32)17-33-26(23)19-37/h4-7,16-17,21-22,41H,8-15,18-19H2,1-3H3,(H,34,40)(H,35,38). The quantitative estimate of drug-likeness (QED) is 0.500. The Morgan fingerprint density at radius 3 is 2.34 bits per heavy atom. The van der Waals surface area contributed by atoms with Gasteiger partial charge in [0.15, 0.2) is 0 Å². The summed E-state index contributed by atoms with van der Waals surface area (Å²) in [4.78, 5) is 46.5. The zero-order valence-electron chi connectivity index (χ0n) is 24.1. The molecule has 220 valence electrons. The van der Waals surface area contributed by atoms with Crippen molar-refractivity contribution in [2.75, 3.05) is 18.4 Å². The summed E-state index contributed by atoms with van der Waals surface area (Å²) in [5.41, 5.74) is 1.58. The van der Waals surface area contributed by atoms with E-state index in [2.05, 4.69) is 15.6 Å². The molecule has 1 saturated carbocycles. The number of fused-ring (bicyclic) bond motifs is 1. The highest BCUT2D eigenvalue weighted by Crippen LogP contribution is 2.33. The van der Waals surface area contributed by atoms with E-state index in [-0.39, 0.29) is 23.8 Å². The van der Waals surface area contributed by atoms with E-state index in [9.17, 15) is 23.9 Å². The predicted octanol–water partition coefficient (Wildman–Crippen LogP) is 4.31. The summed E-state index contributed by atoms with van der Waals surface area (Å²) in [6, 6.07) is 8.96. The zero-order chi connectivity index (χ0) is 29.4. The van der Waals surface area contributed by atoms with Gasteiger partial charge in [0.2, 0.25) is 11.8 Å². The van der Waals surface area contributed by atoms with Gasteiger partial charge in [0, 0.05) is 31.2 Å². The maximum absolute atomic E-state index is 13.4. The van der Waals surface area contributed by atoms with Crippen molar-refractivity contribution in [2.45, 2.75) is 89.4 Å². The number of pyridine rings is 1. The Labute approximate surface area is 240 Å². The molecule has 1 aliphatic carbocycles. The minimum absolute atomic E-state index is 0.0767. The predicted molar refractivity (Wildman–Crippen MR) is 152 cm³/mol. The first-order valence-corrected chi connectivity index (χ1v) is 14.5. The van der Waals surface area contributed by atoms with Crippen LogP contribution in [0.3, 0.4) is 0 Å². The SMILES string of the molecule is CC1(O)CCC(C(=O)NC(C)(C)C(=O)N2CCC(c3ccc(NC(=O)N4Cc5cc(F)cnc5C4)cc3)CC2)CC1. The number of likely N-dealkylation sites (tertiary alicyclic amines) is 1. The third kappa shape index (κ3) is 6.69. The smallest absolute Gasteiger partial charge is 0.322 e. The van der Waals surface area contributed by atoms with Crippen molar-refractivity contribution in [2.24, 2.45) is 5.92 Å². The van der Waals surface area contributed by atoms with E-state index >= 15 is 0 Å². The van der Waals surface area contributed by atoms with Gasteiger partial charge in [0.25, 0.3) is 0 Å². The largest absolute Gasteiger partial charge is 0.390 e. The molecule has 0 spiro atoms. The van der Waals surface area contributed by atoms with Crippen LogP contribution in [0.2, 0.25) is 0 Å². The highest BCUT2D eigenvalue weighted by molar-refractivity contribution is 5.91. The van der Waals surface area contributed by atoms with E-state index in [1.807, 2.05) is 36.1 Å². The molecular weight excluding hydrogens is 525 g/mol. The fourth-order valence-electron chi connectivity index (χ4n) is 6.19. The number of nitrogens with zero attached hydrogens (tertiary/aromatic N) is 3. The number of anilines is 1. The van der Waals surface area contributed by atoms with E-state index in [0.717, 1.165) is 24.0 Å². The van der Waals surface area contributed by atoms with Crippen molar-refractivity contribution in [3.63, 3.8) is 0 Å². The van der Waals surface area contributed by atoms with E-state index in [0.29, 0.717) is 69.2 Å². The summed E-state index contributed by atoms with van der Waals surface area (Å²) in [6.45, 7) is 7.23. The lowest BCUT2D eigenvalue weighted by molar-refractivity contribution is -0.143. The molecule has 9 nitrogen and oxygen atoms in total. The van der Waals surface area contributed by atoms with Crippen LogP contribution in [0.15, 0.2) is 36.5 Å². The monoisotopic (exact) mass is 565 g/mol. The fraction of sp³-hybridized carbons (Fsp3) is 0.548. The van der Waals surface area contributed by atoms with Crippen LogP contribution in [0.4, 0.5) is 14.9 Å². The number of carbonyl (C=O) groups is 3. The van der Waals surface area contributed by atoms with Crippen LogP contribution >= 0.6 is 0 Å². The molecule has 4 amide bonds. The van der Waals surface area contributed by atoms with Crippen molar-refractivity contribution >= 4 is 23.5 Å². The number of urea groups is 1. The first kappa shape index (κ1) is 29.0. The summed E-state index contributed by atoms with van der Waals surface area (Å²) in [5.74, 6) is -0.466. The van der Waals surface area contributed by atoms with Gasteiger partial charge in [-0.15, -0.1) is 0 Å². The Morgan fingerprint density at radius 1 is 1.02 bits per heavy atom. The van der Waals surface area contributed by atoms with E-state index < -0.39 is 17.0 Å². The van der Waals surface area contributed by atoms with Crippen molar-refractivity contribution in [1.29, 1.82) is 0 Å². The maximum atomic E-state index is 13.4. The van der Waals surface area contributed by atoms with E-state index in [4.69, 9.17) is 0 Å². The van der Waals surface area contributed by atoms with Crippen LogP contribution in [-0.2, 0) is 22.7 Å². The van der Waals surface area contributed by atoms with Gasteiger partial charge in [-0.25, -0.2) is 9.18 Å². The molecule has 0 bridgehead atoms. The van der Waals surface area contributed by atoms with Crippen molar-refractivity contribution in [1.82, 2.24) is 20.1 Å². The highest BCUT2D eigenvalue weighted by Gasteiger charge is 2.39. The first-order chi connectivity index (χ1) is 19.4. The van der Waals surface area contributed by atoms with Crippen LogP contribution in [-0.4, -0.2) is 62.0 Å². The second-order valence-corrected chi connectivity index (χ2v) is 12.6. The van der Waals surface area contributed by atoms with Crippen molar-refractivity contribution < 1.29 is 23.9 Å². The van der Waals surface area contributed by atoms with Gasteiger partial charge in [-0.1, -0.05) is 12.1 Å². The number of amides is 4. The molecule has 5 rings (SSSR count). The van der Waals surface area contributed by atoms with Gasteiger partial charge >= 0.3 is 6.03 Å². The van der Waals surface area contributed by atoms with Gasteiger partial charge in [-0.3, -0.25) is 14.6 Å². The Kier molecular flexibility index (Phi) is 8.05. The second kappa shape index (κ2) is 11.4. The molecule has 0 atom stereocenters. The van der Waals surface area contributed by atoms with E-state index in [1.54, 1.807) is 18.7 Å². The number of benzene rings is 1. The van der Waals surface area contributed by atoms with Gasteiger partial charge in [-0.2, -0.15) is 0 Å². The number of aliphatic hydroxyl groups is 1. The lowest BCUT2D eigenvalue weighted by Gasteiger charge is -2.38. The molecular formula is C31H40FN5O4. The molecule has 2 aromatic rings. The Bertz CT molecular complexity index is 1290. The molecule has 41 heavy (non-hydrogen) atoms. The normalized spacial score (nSPS) is 23.2. The van der Waals surface area contributed by atoms with Crippen molar-refractivity contribution in [3.8, 4) is 0 Å². The van der Waals surface area contributed by atoms with Crippen LogP contribution in [0, 0.1) is 11.7 Å². The number of hydrogen-bond donors (Lipinski definition) is 3. The second-order valence-electron chi connectivity index (χ2n) is 12.6.